The van der Waals surface area contributed by atoms with E-state index in [0.717, 1.165) is 23.2 Å². The van der Waals surface area contributed by atoms with Crippen molar-refractivity contribution in [1.29, 1.82) is 0 Å². The van der Waals surface area contributed by atoms with Crippen molar-refractivity contribution in [1.82, 2.24) is 14.8 Å². The average Bonchev–Trinajstić information content (AvgIpc) is 3.15. The van der Waals surface area contributed by atoms with Crippen LogP contribution in [0.25, 0.3) is 10.8 Å². The van der Waals surface area contributed by atoms with Gasteiger partial charge in [-0.25, -0.2) is 8.42 Å². The number of aromatic nitrogens is 3. The monoisotopic (exact) mass is 387 g/mol. The van der Waals surface area contributed by atoms with Gasteiger partial charge in [-0.1, -0.05) is 54.2 Å². The molecule has 1 aliphatic heterocycles. The Labute approximate surface area is 157 Å². The third-order valence-corrected chi connectivity index (χ3v) is 7.87. The summed E-state index contributed by atoms with van der Waals surface area (Å²) in [6.07, 6.45) is 1.41. The Kier molecular flexibility index (Phi) is 4.75. The van der Waals surface area contributed by atoms with Gasteiger partial charge in [0.2, 0.25) is 0 Å². The smallest absolute Gasteiger partial charge is 0.191 e. The van der Waals surface area contributed by atoms with Gasteiger partial charge in [0.25, 0.3) is 0 Å². The molecule has 3 aromatic rings. The average molecular weight is 388 g/mol. The molecule has 26 heavy (non-hydrogen) atoms. The molecule has 1 saturated heterocycles. The van der Waals surface area contributed by atoms with Gasteiger partial charge in [0, 0.05) is 19.2 Å². The van der Waals surface area contributed by atoms with Crippen LogP contribution in [0.2, 0.25) is 0 Å². The predicted molar refractivity (Wildman–Crippen MR) is 105 cm³/mol. The largest absolute Gasteiger partial charge is 0.309 e. The lowest BCUT2D eigenvalue weighted by molar-refractivity contribution is 0.552. The van der Waals surface area contributed by atoms with Crippen molar-refractivity contribution < 1.29 is 8.42 Å². The first kappa shape index (κ1) is 17.5. The third kappa shape index (κ3) is 3.64. The minimum absolute atomic E-state index is 0.166. The molecule has 5 nitrogen and oxygen atoms in total. The van der Waals surface area contributed by atoms with Crippen LogP contribution < -0.4 is 0 Å². The van der Waals surface area contributed by atoms with Crippen molar-refractivity contribution in [2.45, 2.75) is 23.8 Å². The zero-order valence-corrected chi connectivity index (χ0v) is 16.3. The Balaban J connectivity index is 1.47. The van der Waals surface area contributed by atoms with Crippen LogP contribution in [0.3, 0.4) is 0 Å². The highest BCUT2D eigenvalue weighted by atomic mass is 32.2. The highest BCUT2D eigenvalue weighted by Gasteiger charge is 2.29. The number of hydrogen-bond donors (Lipinski definition) is 0. The van der Waals surface area contributed by atoms with Crippen LogP contribution >= 0.6 is 11.8 Å². The van der Waals surface area contributed by atoms with Crippen molar-refractivity contribution in [2.24, 2.45) is 13.0 Å². The maximum absolute atomic E-state index is 11.6. The van der Waals surface area contributed by atoms with Crippen molar-refractivity contribution >= 4 is 32.4 Å². The second-order valence-electron chi connectivity index (χ2n) is 6.86. The summed E-state index contributed by atoms with van der Waals surface area (Å²) in [6.45, 7) is 0. The topological polar surface area (TPSA) is 64.8 Å². The van der Waals surface area contributed by atoms with Gasteiger partial charge in [-0.05, 0) is 28.7 Å². The van der Waals surface area contributed by atoms with E-state index in [4.69, 9.17) is 0 Å². The SMILES string of the molecule is Cn1c(C[C@@H]2CCS(=O)(=O)C2)nnc1SCc1cccc2ccccc12. The Morgan fingerprint density at radius 2 is 1.96 bits per heavy atom. The van der Waals surface area contributed by atoms with E-state index in [9.17, 15) is 8.42 Å². The minimum Gasteiger partial charge on any atom is -0.309 e. The van der Waals surface area contributed by atoms with Gasteiger partial charge < -0.3 is 4.57 Å². The van der Waals surface area contributed by atoms with Gasteiger partial charge >= 0.3 is 0 Å². The van der Waals surface area contributed by atoms with E-state index in [1.165, 1.54) is 16.3 Å². The summed E-state index contributed by atoms with van der Waals surface area (Å²) in [6, 6.07) is 14.7. The fourth-order valence-corrected chi connectivity index (χ4v) is 6.30. The van der Waals surface area contributed by atoms with Gasteiger partial charge in [0.05, 0.1) is 11.5 Å². The van der Waals surface area contributed by atoms with Crippen molar-refractivity contribution in [2.75, 3.05) is 11.5 Å². The van der Waals surface area contributed by atoms with Crippen LogP contribution in [0.4, 0.5) is 0 Å². The zero-order chi connectivity index (χ0) is 18.1. The summed E-state index contributed by atoms with van der Waals surface area (Å²) in [5, 5.41) is 12.0. The van der Waals surface area contributed by atoms with Crippen LogP contribution in [-0.4, -0.2) is 34.7 Å². The van der Waals surface area contributed by atoms with Crippen molar-refractivity contribution in [3.05, 3.63) is 53.9 Å². The lowest BCUT2D eigenvalue weighted by atomic mass is 10.1. The molecule has 1 fully saturated rings. The molecule has 0 N–H and O–H groups in total. The lowest BCUT2D eigenvalue weighted by Crippen LogP contribution is -2.11. The van der Waals surface area contributed by atoms with Crippen LogP contribution in [0, 0.1) is 5.92 Å². The van der Waals surface area contributed by atoms with Crippen LogP contribution in [0.5, 0.6) is 0 Å². The Bertz CT molecular complexity index is 1040. The molecule has 0 radical (unpaired) electrons. The van der Waals surface area contributed by atoms with Gasteiger partial charge in [-0.15, -0.1) is 10.2 Å². The summed E-state index contributed by atoms with van der Waals surface area (Å²) < 4.78 is 25.3. The fraction of sp³-hybridized carbons (Fsp3) is 0.368. The molecule has 2 aromatic carbocycles. The number of sulfone groups is 1. The molecule has 1 aliphatic rings. The van der Waals surface area contributed by atoms with Crippen LogP contribution in [0.1, 0.15) is 17.8 Å². The molecular formula is C19H21N3O2S2. The first-order chi connectivity index (χ1) is 12.5. The zero-order valence-electron chi connectivity index (χ0n) is 14.6. The predicted octanol–water partition coefficient (Wildman–Crippen LogP) is 3.24. The maximum atomic E-state index is 11.6. The number of hydrogen-bond acceptors (Lipinski definition) is 5. The quantitative estimate of drug-likeness (QED) is 0.629. The lowest BCUT2D eigenvalue weighted by Gasteiger charge is -2.08. The number of benzene rings is 2. The van der Waals surface area contributed by atoms with E-state index >= 15 is 0 Å². The standard InChI is InChI=1S/C19H21N3O2S2/c1-22-18(11-14-9-10-26(23,24)13-14)20-21-19(22)25-12-16-7-4-6-15-5-2-3-8-17(15)16/h2-8,14H,9-13H2,1H3/t14-/m0/s1. The minimum atomic E-state index is -2.85. The van der Waals surface area contributed by atoms with E-state index in [-0.39, 0.29) is 11.7 Å². The molecule has 0 amide bonds. The molecule has 136 valence electrons. The summed E-state index contributed by atoms with van der Waals surface area (Å²) in [7, 11) is -0.889. The second kappa shape index (κ2) is 7.04. The Morgan fingerprint density at radius 3 is 2.77 bits per heavy atom. The summed E-state index contributed by atoms with van der Waals surface area (Å²) in [4.78, 5) is 0. The molecule has 0 aliphatic carbocycles. The van der Waals surface area contributed by atoms with E-state index in [1.807, 2.05) is 11.6 Å². The summed E-state index contributed by atoms with van der Waals surface area (Å²) in [5.74, 6) is 2.44. The van der Waals surface area contributed by atoms with Gasteiger partial charge in [0.1, 0.15) is 5.82 Å². The first-order valence-corrected chi connectivity index (χ1v) is 11.5. The number of fused-ring (bicyclic) bond motifs is 1. The number of rotatable bonds is 5. The maximum Gasteiger partial charge on any atom is 0.191 e. The van der Waals surface area contributed by atoms with E-state index < -0.39 is 9.84 Å². The molecule has 1 atom stereocenters. The fourth-order valence-electron chi connectivity index (χ4n) is 3.50. The second-order valence-corrected chi connectivity index (χ2v) is 10.0. The summed E-state index contributed by atoms with van der Waals surface area (Å²) in [5.41, 5.74) is 1.28. The molecule has 0 unspecified atom stereocenters. The van der Waals surface area contributed by atoms with E-state index in [2.05, 4.69) is 52.7 Å². The number of thioether (sulfide) groups is 1. The van der Waals surface area contributed by atoms with Crippen molar-refractivity contribution in [3.8, 4) is 0 Å². The molecule has 4 rings (SSSR count). The normalized spacial score (nSPS) is 19.2. The van der Waals surface area contributed by atoms with E-state index in [1.54, 1.807) is 11.8 Å². The van der Waals surface area contributed by atoms with Gasteiger partial charge in [0.15, 0.2) is 15.0 Å². The third-order valence-electron chi connectivity index (χ3n) is 4.96. The van der Waals surface area contributed by atoms with Crippen molar-refractivity contribution in [3.63, 3.8) is 0 Å². The van der Waals surface area contributed by atoms with Gasteiger partial charge in [-0.2, -0.15) is 0 Å². The molecule has 1 aromatic heterocycles. The van der Waals surface area contributed by atoms with Gasteiger partial charge in [-0.3, -0.25) is 0 Å². The highest BCUT2D eigenvalue weighted by Crippen LogP contribution is 2.28. The summed E-state index contributed by atoms with van der Waals surface area (Å²) >= 11 is 1.66. The Morgan fingerprint density at radius 1 is 1.15 bits per heavy atom. The Hall–Kier alpha value is -1.86. The van der Waals surface area contributed by atoms with Crippen LogP contribution in [-0.2, 0) is 29.1 Å². The van der Waals surface area contributed by atoms with E-state index in [0.29, 0.717) is 12.2 Å². The molecular weight excluding hydrogens is 366 g/mol. The molecule has 0 saturated carbocycles. The highest BCUT2D eigenvalue weighted by molar-refractivity contribution is 7.98. The molecule has 2 heterocycles. The molecule has 7 heteroatoms. The molecule has 0 spiro atoms. The molecule has 0 bridgehead atoms. The number of nitrogens with zero attached hydrogens (tertiary/aromatic N) is 3. The first-order valence-electron chi connectivity index (χ1n) is 8.70. The van der Waals surface area contributed by atoms with Crippen LogP contribution in [0.15, 0.2) is 47.6 Å².